The van der Waals surface area contributed by atoms with Crippen molar-refractivity contribution in [2.24, 2.45) is 23.7 Å². The van der Waals surface area contributed by atoms with Gasteiger partial charge in [0.1, 0.15) is 0 Å². The fourth-order valence-electron chi connectivity index (χ4n) is 4.61. The van der Waals surface area contributed by atoms with Crippen LogP contribution in [0.15, 0.2) is 53.5 Å². The molecule has 0 radical (unpaired) electrons. The zero-order chi connectivity index (χ0) is 21.5. The Labute approximate surface area is 178 Å². The second-order valence-corrected chi connectivity index (χ2v) is 10.3. The Morgan fingerprint density at radius 1 is 0.867 bits per heavy atom. The van der Waals surface area contributed by atoms with Crippen LogP contribution in [0.1, 0.15) is 19.4 Å². The zero-order valence-electron chi connectivity index (χ0n) is 17.5. The van der Waals surface area contributed by atoms with E-state index in [2.05, 4.69) is 26.0 Å². The van der Waals surface area contributed by atoms with Crippen LogP contribution in [0, 0.1) is 30.6 Å². The van der Waals surface area contributed by atoms with Gasteiger partial charge in [-0.1, -0.05) is 55.8 Å². The lowest BCUT2D eigenvalue weighted by Crippen LogP contribution is -2.27. The predicted molar refractivity (Wildman–Crippen MR) is 112 cm³/mol. The second-order valence-electron chi connectivity index (χ2n) is 8.68. The maximum absolute atomic E-state index is 12.1. The Kier molecular flexibility index (Phi) is 6.19. The summed E-state index contributed by atoms with van der Waals surface area (Å²) in [6.45, 7) is 6.54. The van der Waals surface area contributed by atoms with Crippen molar-refractivity contribution in [2.45, 2.75) is 50.1 Å². The summed E-state index contributed by atoms with van der Waals surface area (Å²) in [7, 11) is -3.68. The third-order valence-electron chi connectivity index (χ3n) is 6.78. The average molecular weight is 435 g/mol. The lowest BCUT2D eigenvalue weighted by molar-refractivity contribution is 0.0940. The molecule has 4 bridgehead atoms. The van der Waals surface area contributed by atoms with E-state index in [1.54, 1.807) is 24.3 Å². The van der Waals surface area contributed by atoms with Crippen LogP contribution >= 0.6 is 0 Å². The van der Waals surface area contributed by atoms with E-state index in [0.717, 1.165) is 5.56 Å². The molecule has 1 aromatic carbocycles. The van der Waals surface area contributed by atoms with Gasteiger partial charge in [-0.15, -0.1) is 0 Å². The third-order valence-corrected chi connectivity index (χ3v) is 8.07. The highest BCUT2D eigenvalue weighted by atomic mass is 32.2. The van der Waals surface area contributed by atoms with Crippen molar-refractivity contribution in [1.82, 2.24) is 0 Å². The lowest BCUT2D eigenvalue weighted by Gasteiger charge is -2.21. The largest absolute Gasteiger partial charge is 0.396 e. The van der Waals surface area contributed by atoms with E-state index in [1.165, 1.54) is 0 Å². The minimum atomic E-state index is -3.68. The highest BCUT2D eigenvalue weighted by Gasteiger charge is 2.44. The minimum absolute atomic E-state index is 0.0109. The van der Waals surface area contributed by atoms with Crippen LogP contribution in [0.5, 0.6) is 0 Å². The van der Waals surface area contributed by atoms with Crippen molar-refractivity contribution in [3.8, 4) is 0 Å². The van der Waals surface area contributed by atoms with Crippen LogP contribution in [0.4, 0.5) is 0 Å². The third kappa shape index (κ3) is 4.14. The highest BCUT2D eigenvalue weighted by Crippen LogP contribution is 2.39. The van der Waals surface area contributed by atoms with Crippen molar-refractivity contribution in [3.63, 3.8) is 0 Å². The Morgan fingerprint density at radius 3 is 1.80 bits per heavy atom. The SMILES string of the molecule is C[C@H]1[C@@H](CO)[C@@H]2C=C[C@H]1O2.Cc1ccc(S(=O)(=O)OC[C@@H]2[C@H](C)[C@H]3C=C[C@@H]2O3)cc1. The summed E-state index contributed by atoms with van der Waals surface area (Å²) >= 11 is 0. The Balaban J connectivity index is 0.000000181. The molecule has 6 nitrogen and oxygen atoms in total. The van der Waals surface area contributed by atoms with Crippen LogP contribution in [-0.4, -0.2) is 51.2 Å². The smallest absolute Gasteiger partial charge is 0.296 e. The van der Waals surface area contributed by atoms with E-state index in [0.29, 0.717) is 17.8 Å². The van der Waals surface area contributed by atoms with Crippen LogP contribution in [0.25, 0.3) is 0 Å². The molecule has 4 heterocycles. The van der Waals surface area contributed by atoms with E-state index >= 15 is 0 Å². The van der Waals surface area contributed by atoms with E-state index in [1.807, 2.05) is 19.1 Å². The maximum Gasteiger partial charge on any atom is 0.296 e. The van der Waals surface area contributed by atoms with E-state index in [9.17, 15) is 8.42 Å². The van der Waals surface area contributed by atoms with E-state index in [-0.39, 0.29) is 48.4 Å². The molecule has 0 unspecified atom stereocenters. The summed E-state index contributed by atoms with van der Waals surface area (Å²) in [6.07, 6.45) is 8.77. The summed E-state index contributed by atoms with van der Waals surface area (Å²) in [6, 6.07) is 6.68. The molecule has 30 heavy (non-hydrogen) atoms. The molecule has 1 N–H and O–H groups in total. The number of fused-ring (bicyclic) bond motifs is 4. The summed E-state index contributed by atoms with van der Waals surface area (Å²) in [4.78, 5) is 0.204. The molecule has 0 aromatic heterocycles. The normalized spacial score (nSPS) is 38.1. The van der Waals surface area contributed by atoms with Crippen LogP contribution in [0.2, 0.25) is 0 Å². The molecule has 8 atom stereocenters. The molecule has 0 amide bonds. The number of aliphatic hydroxyl groups is 1. The number of aliphatic hydroxyl groups excluding tert-OH is 1. The summed E-state index contributed by atoms with van der Waals surface area (Å²) in [5, 5.41) is 8.94. The molecule has 0 aliphatic carbocycles. The van der Waals surface area contributed by atoms with Crippen molar-refractivity contribution in [2.75, 3.05) is 13.2 Å². The molecule has 0 spiro atoms. The number of hydrogen-bond donors (Lipinski definition) is 1. The minimum Gasteiger partial charge on any atom is -0.396 e. The molecule has 7 heteroatoms. The molecule has 0 saturated carbocycles. The predicted octanol–water partition coefficient (Wildman–Crippen LogP) is 2.86. The van der Waals surface area contributed by atoms with Gasteiger partial charge in [-0.2, -0.15) is 8.42 Å². The zero-order valence-corrected chi connectivity index (χ0v) is 18.4. The molecule has 1 aromatic rings. The molecular formula is C23H30O6S. The first-order valence-electron chi connectivity index (χ1n) is 10.5. The number of benzene rings is 1. The van der Waals surface area contributed by atoms with Crippen molar-refractivity contribution >= 4 is 10.1 Å². The monoisotopic (exact) mass is 434 g/mol. The summed E-state index contributed by atoms with van der Waals surface area (Å²) in [5.74, 6) is 1.23. The van der Waals surface area contributed by atoms with Crippen molar-refractivity contribution < 1.29 is 27.2 Å². The Morgan fingerprint density at radius 2 is 1.37 bits per heavy atom. The number of hydrogen-bond acceptors (Lipinski definition) is 6. The molecular weight excluding hydrogens is 404 g/mol. The maximum atomic E-state index is 12.1. The first-order valence-corrected chi connectivity index (χ1v) is 12.0. The Bertz CT molecular complexity index is 906. The highest BCUT2D eigenvalue weighted by molar-refractivity contribution is 7.86. The lowest BCUT2D eigenvalue weighted by atomic mass is 9.85. The molecule has 4 aliphatic rings. The number of rotatable bonds is 5. The first kappa shape index (κ1) is 21.7. The van der Waals surface area contributed by atoms with Gasteiger partial charge in [0.25, 0.3) is 10.1 Å². The quantitative estimate of drug-likeness (QED) is 0.567. The number of aryl methyl sites for hydroxylation is 1. The molecule has 4 aliphatic heterocycles. The van der Waals surface area contributed by atoms with Gasteiger partial charge in [0.2, 0.25) is 0 Å². The molecule has 2 fully saturated rings. The first-order chi connectivity index (χ1) is 14.3. The molecule has 2 saturated heterocycles. The molecule has 164 valence electrons. The van der Waals surface area contributed by atoms with E-state index < -0.39 is 10.1 Å². The van der Waals surface area contributed by atoms with Crippen LogP contribution < -0.4 is 0 Å². The topological polar surface area (TPSA) is 82.1 Å². The van der Waals surface area contributed by atoms with Crippen LogP contribution in [0.3, 0.4) is 0 Å². The standard InChI is InChI=1S/C15H18O4S.C8H12O2/c1-10-3-5-12(6-4-10)20(16,17)18-9-13-11(2)14-7-8-15(13)19-14;1-5-6(4-9)8-3-2-7(5)10-8/h3-8,11,13-15H,9H2,1-2H3;2-3,5-9H,4H2,1H3/t11-,13+,14+,15-;5-,6+,7+,8-/m00/s1. The fraction of sp³-hybridized carbons (Fsp3) is 0.565. The average Bonchev–Trinajstić information content (AvgIpc) is 3.49. The van der Waals surface area contributed by atoms with Crippen molar-refractivity contribution in [1.29, 1.82) is 0 Å². The summed E-state index contributed by atoms with van der Waals surface area (Å²) in [5.41, 5.74) is 1.02. The van der Waals surface area contributed by atoms with Gasteiger partial charge in [0.15, 0.2) is 0 Å². The number of ether oxygens (including phenoxy) is 2. The van der Waals surface area contributed by atoms with Crippen molar-refractivity contribution in [3.05, 3.63) is 54.1 Å². The Hall–Kier alpha value is -1.51. The van der Waals surface area contributed by atoms with Gasteiger partial charge < -0.3 is 14.6 Å². The van der Waals surface area contributed by atoms with Gasteiger partial charge in [-0.25, -0.2) is 0 Å². The second kappa shape index (κ2) is 8.55. The van der Waals surface area contributed by atoms with Gasteiger partial charge in [-0.3, -0.25) is 4.18 Å². The van der Waals surface area contributed by atoms with Gasteiger partial charge >= 0.3 is 0 Å². The van der Waals surface area contributed by atoms with Gasteiger partial charge in [0.05, 0.1) is 35.9 Å². The fourth-order valence-corrected chi connectivity index (χ4v) is 5.55. The summed E-state index contributed by atoms with van der Waals surface area (Å²) < 4.78 is 40.7. The van der Waals surface area contributed by atoms with Gasteiger partial charge in [0, 0.05) is 18.4 Å². The van der Waals surface area contributed by atoms with Crippen LogP contribution in [-0.2, 0) is 23.8 Å². The molecule has 5 rings (SSSR count). The van der Waals surface area contributed by atoms with Gasteiger partial charge in [-0.05, 0) is 30.9 Å². The van der Waals surface area contributed by atoms with E-state index in [4.69, 9.17) is 18.8 Å².